The average molecular weight is 560 g/mol. The van der Waals surface area contributed by atoms with Gasteiger partial charge in [-0.1, -0.05) is 59.6 Å². The van der Waals surface area contributed by atoms with Crippen LogP contribution >= 0.6 is 0 Å². The molecule has 3 fully saturated rings. The van der Waals surface area contributed by atoms with Crippen LogP contribution in [0.25, 0.3) is 0 Å². The number of amides is 3. The van der Waals surface area contributed by atoms with Crippen molar-refractivity contribution in [2.75, 3.05) is 26.2 Å². The van der Waals surface area contributed by atoms with Gasteiger partial charge >= 0.3 is 0 Å². The summed E-state index contributed by atoms with van der Waals surface area (Å²) in [5.74, 6) is -2.13. The monoisotopic (exact) mass is 559 g/mol. The Morgan fingerprint density at radius 2 is 1.80 bits per heavy atom. The van der Waals surface area contributed by atoms with Gasteiger partial charge < -0.3 is 24.5 Å². The van der Waals surface area contributed by atoms with Gasteiger partial charge in [-0.3, -0.25) is 14.4 Å². The molecule has 40 heavy (non-hydrogen) atoms. The summed E-state index contributed by atoms with van der Waals surface area (Å²) < 4.78 is 6.94. The van der Waals surface area contributed by atoms with Gasteiger partial charge in [-0.25, -0.2) is 0 Å². The maximum atomic E-state index is 14.7. The number of carbonyl (C=O) groups excluding carboxylic acids is 3. The maximum Gasteiger partial charge on any atom is 0.248 e. The summed E-state index contributed by atoms with van der Waals surface area (Å²) in [4.78, 5) is 48.8. The Morgan fingerprint density at radius 1 is 1.15 bits per heavy atom. The lowest BCUT2D eigenvalue weighted by molar-refractivity contribution is -0.159. The number of fused-ring (bicyclic) bond motifs is 1. The standard InChI is InChI=1S/C32H53N3O5/c1-10-15-23(8)34(18-13-4)30(39)27-32-19-22(7)31(9,40-32)25(28(37)33(16-11-2)17-12-3)26(32)29(38)35(27)24(20-36)21(6)14-5/h11,13,21-27,36H,2,4,10,12,14-20H2,1,3,5-9H3/t21-,22?,23?,24-,25-,26-,27?,31+,32?/m0/s1. The van der Waals surface area contributed by atoms with Crippen LogP contribution in [0, 0.1) is 23.7 Å². The van der Waals surface area contributed by atoms with Gasteiger partial charge in [0.05, 0.1) is 30.1 Å². The van der Waals surface area contributed by atoms with Crippen molar-refractivity contribution in [2.24, 2.45) is 23.7 Å². The molecule has 3 aliphatic heterocycles. The SMILES string of the molecule is C=CCN(CCC)C(=O)[C@@H]1[C@H]2C(=O)N([C@@H](CO)[C@@H](C)CC)C(C(=O)N(CC=C)C(C)CCC)C23CC(C)[C@@]1(C)O3. The van der Waals surface area contributed by atoms with E-state index in [0.29, 0.717) is 26.1 Å². The lowest BCUT2D eigenvalue weighted by Crippen LogP contribution is -2.61. The first-order chi connectivity index (χ1) is 18.9. The topological polar surface area (TPSA) is 90.4 Å². The first-order valence-electron chi connectivity index (χ1n) is 15.4. The fourth-order valence-corrected chi connectivity index (χ4v) is 7.77. The van der Waals surface area contributed by atoms with Gasteiger partial charge in [-0.05, 0) is 44.9 Å². The van der Waals surface area contributed by atoms with E-state index in [1.165, 1.54) is 0 Å². The van der Waals surface area contributed by atoms with Crippen LogP contribution in [-0.4, -0.2) is 93.1 Å². The summed E-state index contributed by atoms with van der Waals surface area (Å²) in [6.07, 6.45) is 7.18. The quantitative estimate of drug-likeness (QED) is 0.306. The Bertz CT molecular complexity index is 970. The molecule has 0 aromatic carbocycles. The van der Waals surface area contributed by atoms with E-state index in [9.17, 15) is 19.5 Å². The van der Waals surface area contributed by atoms with Crippen molar-refractivity contribution in [3.8, 4) is 0 Å². The molecule has 0 radical (unpaired) electrons. The molecule has 1 N–H and O–H groups in total. The van der Waals surface area contributed by atoms with Gasteiger partial charge in [0.2, 0.25) is 17.7 Å². The number of hydrogen-bond donors (Lipinski definition) is 1. The Labute approximate surface area is 241 Å². The van der Waals surface area contributed by atoms with Crippen LogP contribution in [0.15, 0.2) is 25.3 Å². The zero-order valence-electron chi connectivity index (χ0n) is 25.9. The lowest BCUT2D eigenvalue weighted by Gasteiger charge is -2.42. The highest BCUT2D eigenvalue weighted by molar-refractivity contribution is 5.99. The second-order valence-corrected chi connectivity index (χ2v) is 12.6. The summed E-state index contributed by atoms with van der Waals surface area (Å²) >= 11 is 0. The zero-order valence-corrected chi connectivity index (χ0v) is 25.9. The Hall–Kier alpha value is -2.19. The summed E-state index contributed by atoms with van der Waals surface area (Å²) in [7, 11) is 0. The summed E-state index contributed by atoms with van der Waals surface area (Å²) in [6.45, 7) is 23.0. The van der Waals surface area contributed by atoms with Crippen LogP contribution < -0.4 is 0 Å². The highest BCUT2D eigenvalue weighted by Crippen LogP contribution is 2.66. The molecule has 1 spiro atoms. The van der Waals surface area contributed by atoms with E-state index in [0.717, 1.165) is 25.7 Å². The summed E-state index contributed by atoms with van der Waals surface area (Å²) in [5.41, 5.74) is -2.01. The molecule has 4 unspecified atom stereocenters. The molecule has 8 heteroatoms. The highest BCUT2D eigenvalue weighted by atomic mass is 16.5. The summed E-state index contributed by atoms with van der Waals surface area (Å²) in [6, 6.07) is -1.54. The molecule has 8 nitrogen and oxygen atoms in total. The molecule has 9 atom stereocenters. The molecule has 3 amide bonds. The molecule has 226 valence electrons. The minimum Gasteiger partial charge on any atom is -0.394 e. The number of rotatable bonds is 15. The summed E-state index contributed by atoms with van der Waals surface area (Å²) in [5, 5.41) is 10.6. The smallest absolute Gasteiger partial charge is 0.248 e. The van der Waals surface area contributed by atoms with E-state index in [2.05, 4.69) is 27.0 Å². The number of carbonyl (C=O) groups is 3. The van der Waals surface area contributed by atoms with Crippen molar-refractivity contribution in [1.82, 2.24) is 14.7 Å². The minimum atomic E-state index is -1.14. The molecule has 0 saturated carbocycles. The molecule has 3 rings (SSSR count). The van der Waals surface area contributed by atoms with Crippen LogP contribution in [0.2, 0.25) is 0 Å². The van der Waals surface area contributed by atoms with Crippen molar-refractivity contribution < 1.29 is 24.2 Å². The number of ether oxygens (including phenoxy) is 1. The van der Waals surface area contributed by atoms with Crippen molar-refractivity contribution in [3.05, 3.63) is 25.3 Å². The largest absolute Gasteiger partial charge is 0.394 e. The third-order valence-electron chi connectivity index (χ3n) is 10.1. The highest BCUT2D eigenvalue weighted by Gasteiger charge is 2.80. The van der Waals surface area contributed by atoms with Crippen molar-refractivity contribution in [1.29, 1.82) is 0 Å². The minimum absolute atomic E-state index is 0.0370. The van der Waals surface area contributed by atoms with Crippen LogP contribution in [0.5, 0.6) is 0 Å². The normalized spacial score (nSPS) is 32.9. The van der Waals surface area contributed by atoms with Gasteiger partial charge in [-0.2, -0.15) is 0 Å². The van der Waals surface area contributed by atoms with E-state index < -0.39 is 35.1 Å². The van der Waals surface area contributed by atoms with E-state index >= 15 is 0 Å². The fraction of sp³-hybridized carbons (Fsp3) is 0.781. The fourth-order valence-electron chi connectivity index (χ4n) is 7.77. The van der Waals surface area contributed by atoms with Crippen molar-refractivity contribution in [3.63, 3.8) is 0 Å². The van der Waals surface area contributed by atoms with E-state index in [1.54, 1.807) is 22.0 Å². The van der Waals surface area contributed by atoms with Crippen LogP contribution in [0.3, 0.4) is 0 Å². The van der Waals surface area contributed by atoms with Gasteiger partial charge in [0.25, 0.3) is 0 Å². The molecule has 0 aliphatic carbocycles. The predicted octanol–water partition coefficient (Wildman–Crippen LogP) is 4.03. The van der Waals surface area contributed by atoms with Crippen molar-refractivity contribution >= 4 is 17.7 Å². The molecule has 3 aliphatic rings. The van der Waals surface area contributed by atoms with Gasteiger partial charge in [0, 0.05) is 25.7 Å². The third kappa shape index (κ3) is 5.04. The number of nitrogens with zero attached hydrogens (tertiary/aromatic N) is 3. The maximum absolute atomic E-state index is 14.7. The van der Waals surface area contributed by atoms with Crippen molar-refractivity contribution in [2.45, 2.75) is 110 Å². The number of aliphatic hydroxyl groups excluding tert-OH is 1. The van der Waals surface area contributed by atoms with Crippen LogP contribution in [-0.2, 0) is 19.1 Å². The van der Waals surface area contributed by atoms with Crippen LogP contribution in [0.1, 0.15) is 80.6 Å². The second-order valence-electron chi connectivity index (χ2n) is 12.6. The van der Waals surface area contributed by atoms with Gasteiger partial charge in [0.1, 0.15) is 11.6 Å². The zero-order chi connectivity index (χ0) is 30.0. The molecule has 3 saturated heterocycles. The number of likely N-dealkylation sites (tertiary alicyclic amines) is 1. The van der Waals surface area contributed by atoms with Crippen LogP contribution in [0.4, 0.5) is 0 Å². The molecular formula is C32H53N3O5. The lowest BCUT2D eigenvalue weighted by atomic mass is 9.62. The number of aliphatic hydroxyl groups is 1. The average Bonchev–Trinajstić information content (AvgIpc) is 3.43. The molecular weight excluding hydrogens is 506 g/mol. The van der Waals surface area contributed by atoms with E-state index in [4.69, 9.17) is 4.74 Å². The number of hydrogen-bond acceptors (Lipinski definition) is 5. The third-order valence-corrected chi connectivity index (χ3v) is 10.1. The second kappa shape index (κ2) is 12.8. The molecule has 0 aromatic heterocycles. The molecule has 2 bridgehead atoms. The first kappa shape index (κ1) is 32.3. The first-order valence-corrected chi connectivity index (χ1v) is 15.4. The molecule has 0 aromatic rings. The van der Waals surface area contributed by atoms with E-state index in [1.807, 2.05) is 39.5 Å². The predicted molar refractivity (Wildman–Crippen MR) is 157 cm³/mol. The van der Waals surface area contributed by atoms with Gasteiger partial charge in [-0.15, -0.1) is 13.2 Å². The molecule has 3 heterocycles. The van der Waals surface area contributed by atoms with Gasteiger partial charge in [0.15, 0.2) is 0 Å². The Morgan fingerprint density at radius 3 is 2.33 bits per heavy atom. The Balaban J connectivity index is 2.22. The Kier molecular flexibility index (Phi) is 10.3. The van der Waals surface area contributed by atoms with E-state index in [-0.39, 0.29) is 42.2 Å².